The fourth-order valence-electron chi connectivity index (χ4n) is 2.23. The van der Waals surface area contributed by atoms with Gasteiger partial charge in [-0.05, 0) is 44.5 Å². The summed E-state index contributed by atoms with van der Waals surface area (Å²) in [5.41, 5.74) is 0.197. The monoisotopic (exact) mass is 293 g/mol. The molecular weight excluding hydrogens is 266 g/mol. The lowest BCUT2D eigenvalue weighted by Gasteiger charge is -2.29. The number of esters is 1. The van der Waals surface area contributed by atoms with Crippen LogP contribution in [0.3, 0.4) is 0 Å². The van der Waals surface area contributed by atoms with Crippen molar-refractivity contribution in [2.24, 2.45) is 0 Å². The molecular formula is C17H27NO3. The summed E-state index contributed by atoms with van der Waals surface area (Å²) in [4.78, 5) is 12.3. The number of unbranched alkanes of at least 4 members (excludes halogenated alkanes) is 2. The summed E-state index contributed by atoms with van der Waals surface area (Å²) in [7, 11) is 1.63. The van der Waals surface area contributed by atoms with Crippen LogP contribution in [-0.4, -0.2) is 25.2 Å². The average molecular weight is 293 g/mol. The molecule has 4 heteroatoms. The molecule has 1 atom stereocenters. The molecule has 1 N–H and O–H groups in total. The molecule has 1 aromatic rings. The minimum Gasteiger partial charge on any atom is -0.497 e. The van der Waals surface area contributed by atoms with Crippen molar-refractivity contribution in [1.29, 1.82) is 0 Å². The van der Waals surface area contributed by atoms with Gasteiger partial charge in [0.25, 0.3) is 0 Å². The molecule has 1 unspecified atom stereocenters. The number of methoxy groups -OCH3 is 1. The Hall–Kier alpha value is -1.71. The van der Waals surface area contributed by atoms with Gasteiger partial charge in [-0.15, -0.1) is 0 Å². The third-order valence-corrected chi connectivity index (χ3v) is 3.52. The molecule has 0 saturated carbocycles. The van der Waals surface area contributed by atoms with Gasteiger partial charge in [0, 0.05) is 5.69 Å². The van der Waals surface area contributed by atoms with Gasteiger partial charge >= 0.3 is 5.97 Å². The van der Waals surface area contributed by atoms with E-state index in [-0.39, 0.29) is 5.97 Å². The second-order valence-electron chi connectivity index (χ2n) is 5.36. The SMILES string of the molecule is CCCCCC(C)(Nc1ccc(OC)cc1)C(=O)OCC. The molecule has 0 aliphatic carbocycles. The molecule has 0 bridgehead atoms. The van der Waals surface area contributed by atoms with Crippen LogP contribution in [0, 0.1) is 0 Å². The van der Waals surface area contributed by atoms with Crippen molar-refractivity contribution in [1.82, 2.24) is 0 Å². The Labute approximate surface area is 127 Å². The van der Waals surface area contributed by atoms with E-state index in [1.54, 1.807) is 7.11 Å². The molecule has 0 spiro atoms. The summed E-state index contributed by atoms with van der Waals surface area (Å²) in [6, 6.07) is 7.58. The van der Waals surface area contributed by atoms with Crippen LogP contribution in [0.2, 0.25) is 0 Å². The van der Waals surface area contributed by atoms with Crippen LogP contribution in [0.5, 0.6) is 5.75 Å². The van der Waals surface area contributed by atoms with Gasteiger partial charge in [0.05, 0.1) is 13.7 Å². The molecule has 0 radical (unpaired) electrons. The first kappa shape index (κ1) is 17.3. The highest BCUT2D eigenvalue weighted by atomic mass is 16.5. The Kier molecular flexibility index (Phi) is 7.06. The third-order valence-electron chi connectivity index (χ3n) is 3.52. The van der Waals surface area contributed by atoms with Gasteiger partial charge in [0.1, 0.15) is 11.3 Å². The van der Waals surface area contributed by atoms with Crippen molar-refractivity contribution in [3.05, 3.63) is 24.3 Å². The van der Waals surface area contributed by atoms with Gasteiger partial charge < -0.3 is 14.8 Å². The molecule has 0 heterocycles. The number of carbonyl (C=O) groups is 1. The lowest BCUT2D eigenvalue weighted by molar-refractivity contribution is -0.148. The number of rotatable bonds is 9. The zero-order valence-electron chi connectivity index (χ0n) is 13.6. The van der Waals surface area contributed by atoms with Crippen LogP contribution in [-0.2, 0) is 9.53 Å². The number of ether oxygens (including phenoxy) is 2. The first-order chi connectivity index (χ1) is 10.1. The number of carbonyl (C=O) groups excluding carboxylic acids is 1. The molecule has 0 amide bonds. The van der Waals surface area contributed by atoms with E-state index in [1.165, 1.54) is 0 Å². The lowest BCUT2D eigenvalue weighted by atomic mass is 9.94. The number of hydrogen-bond acceptors (Lipinski definition) is 4. The van der Waals surface area contributed by atoms with Crippen LogP contribution >= 0.6 is 0 Å². The summed E-state index contributed by atoms with van der Waals surface area (Å²) in [6.07, 6.45) is 3.99. The van der Waals surface area contributed by atoms with Crippen LogP contribution < -0.4 is 10.1 Å². The molecule has 118 valence electrons. The minimum atomic E-state index is -0.695. The topological polar surface area (TPSA) is 47.6 Å². The van der Waals surface area contributed by atoms with E-state index in [2.05, 4.69) is 12.2 Å². The van der Waals surface area contributed by atoms with Crippen LogP contribution in [0.4, 0.5) is 5.69 Å². The molecule has 0 aromatic heterocycles. The zero-order valence-corrected chi connectivity index (χ0v) is 13.6. The largest absolute Gasteiger partial charge is 0.497 e. The third kappa shape index (κ3) is 5.29. The smallest absolute Gasteiger partial charge is 0.331 e. The second-order valence-corrected chi connectivity index (χ2v) is 5.36. The quantitative estimate of drug-likeness (QED) is 0.552. The first-order valence-corrected chi connectivity index (χ1v) is 7.65. The molecule has 0 saturated heterocycles. The summed E-state index contributed by atoms with van der Waals surface area (Å²) in [5.74, 6) is 0.598. The normalized spacial score (nSPS) is 13.3. The van der Waals surface area contributed by atoms with E-state index in [4.69, 9.17) is 9.47 Å². The van der Waals surface area contributed by atoms with Crippen molar-refractivity contribution in [2.45, 2.75) is 52.0 Å². The molecule has 1 rings (SSSR count). The lowest BCUT2D eigenvalue weighted by Crippen LogP contribution is -2.44. The zero-order chi connectivity index (χ0) is 15.7. The predicted molar refractivity (Wildman–Crippen MR) is 85.8 cm³/mol. The average Bonchev–Trinajstić information content (AvgIpc) is 2.48. The van der Waals surface area contributed by atoms with Gasteiger partial charge in [-0.25, -0.2) is 4.79 Å². The highest BCUT2D eigenvalue weighted by molar-refractivity contribution is 5.84. The highest BCUT2D eigenvalue weighted by Gasteiger charge is 2.34. The molecule has 4 nitrogen and oxygen atoms in total. The van der Waals surface area contributed by atoms with Crippen molar-refractivity contribution < 1.29 is 14.3 Å². The Morgan fingerprint density at radius 1 is 1.19 bits per heavy atom. The summed E-state index contributed by atoms with van der Waals surface area (Å²) in [5, 5.41) is 3.32. The predicted octanol–water partition coefficient (Wildman–Crippen LogP) is 4.01. The molecule has 0 aliphatic rings. The van der Waals surface area contributed by atoms with Crippen molar-refractivity contribution >= 4 is 11.7 Å². The first-order valence-electron chi connectivity index (χ1n) is 7.65. The molecule has 1 aromatic carbocycles. The van der Waals surface area contributed by atoms with E-state index in [0.29, 0.717) is 6.61 Å². The van der Waals surface area contributed by atoms with Gasteiger partial charge in [-0.3, -0.25) is 0 Å². The maximum atomic E-state index is 12.3. The van der Waals surface area contributed by atoms with E-state index < -0.39 is 5.54 Å². The van der Waals surface area contributed by atoms with Gasteiger partial charge in [0.2, 0.25) is 0 Å². The number of hydrogen-bond donors (Lipinski definition) is 1. The van der Waals surface area contributed by atoms with E-state index in [1.807, 2.05) is 38.1 Å². The Bertz CT molecular complexity index is 430. The van der Waals surface area contributed by atoms with Gasteiger partial charge in [0.15, 0.2) is 0 Å². The van der Waals surface area contributed by atoms with E-state index >= 15 is 0 Å². The molecule has 0 fully saturated rings. The number of anilines is 1. The van der Waals surface area contributed by atoms with Crippen molar-refractivity contribution in [2.75, 3.05) is 19.0 Å². The Morgan fingerprint density at radius 3 is 2.38 bits per heavy atom. The Balaban J connectivity index is 2.81. The maximum Gasteiger partial charge on any atom is 0.331 e. The minimum absolute atomic E-state index is 0.197. The Morgan fingerprint density at radius 2 is 1.86 bits per heavy atom. The fourth-order valence-corrected chi connectivity index (χ4v) is 2.23. The number of nitrogens with one attached hydrogen (secondary N) is 1. The highest BCUT2D eigenvalue weighted by Crippen LogP contribution is 2.24. The fraction of sp³-hybridized carbons (Fsp3) is 0.588. The van der Waals surface area contributed by atoms with Gasteiger partial charge in [-0.2, -0.15) is 0 Å². The summed E-state index contributed by atoms with van der Waals surface area (Å²) in [6.45, 7) is 6.29. The van der Waals surface area contributed by atoms with Crippen molar-refractivity contribution in [3.8, 4) is 5.75 Å². The maximum absolute atomic E-state index is 12.3. The van der Waals surface area contributed by atoms with Crippen LogP contribution in [0.1, 0.15) is 46.5 Å². The standard InChI is InChI=1S/C17H27NO3/c1-5-7-8-13-17(3,16(19)21-6-2)18-14-9-11-15(20-4)12-10-14/h9-12,18H,5-8,13H2,1-4H3. The van der Waals surface area contributed by atoms with Crippen LogP contribution in [0.25, 0.3) is 0 Å². The van der Waals surface area contributed by atoms with E-state index in [9.17, 15) is 4.79 Å². The number of benzene rings is 1. The van der Waals surface area contributed by atoms with Crippen LogP contribution in [0.15, 0.2) is 24.3 Å². The molecule has 21 heavy (non-hydrogen) atoms. The van der Waals surface area contributed by atoms with E-state index in [0.717, 1.165) is 37.1 Å². The van der Waals surface area contributed by atoms with Crippen molar-refractivity contribution in [3.63, 3.8) is 0 Å². The second kappa shape index (κ2) is 8.55. The molecule has 0 aliphatic heterocycles. The summed E-state index contributed by atoms with van der Waals surface area (Å²) < 4.78 is 10.4. The van der Waals surface area contributed by atoms with Gasteiger partial charge in [-0.1, -0.05) is 26.2 Å². The summed E-state index contributed by atoms with van der Waals surface area (Å²) >= 11 is 0.